The average molecular weight is 554 g/mol. The van der Waals surface area contributed by atoms with Crippen LogP contribution < -0.4 is 23.7 Å². The van der Waals surface area contributed by atoms with E-state index >= 15 is 0 Å². The first-order valence-electron chi connectivity index (χ1n) is 11.9. The van der Waals surface area contributed by atoms with E-state index in [9.17, 15) is 14.7 Å². The molecule has 0 aliphatic carbocycles. The second kappa shape index (κ2) is 12.0. The zero-order chi connectivity index (χ0) is 28.1. The highest BCUT2D eigenvalue weighted by molar-refractivity contribution is 6.46. The van der Waals surface area contributed by atoms with E-state index in [0.29, 0.717) is 22.8 Å². The maximum absolute atomic E-state index is 13.4. The normalized spacial score (nSPS) is 16.2. The Bertz CT molecular complexity index is 1400. The minimum atomic E-state index is -0.925. The third-order valence-electron chi connectivity index (χ3n) is 6.34. The number of amides is 1. The first-order valence-corrected chi connectivity index (χ1v) is 12.3. The van der Waals surface area contributed by atoms with Crippen molar-refractivity contribution in [2.45, 2.75) is 6.04 Å². The van der Waals surface area contributed by atoms with Gasteiger partial charge in [-0.25, -0.2) is 0 Å². The lowest BCUT2D eigenvalue weighted by Gasteiger charge is -2.26. The van der Waals surface area contributed by atoms with E-state index in [1.807, 2.05) is 0 Å². The zero-order valence-electron chi connectivity index (χ0n) is 21.9. The largest absolute Gasteiger partial charge is 0.507 e. The van der Waals surface area contributed by atoms with Crippen molar-refractivity contribution in [3.8, 4) is 28.7 Å². The third-order valence-corrected chi connectivity index (χ3v) is 6.63. The fraction of sp³-hybridized carbons (Fsp3) is 0.241. The topological polar surface area (TPSA) is 104 Å². The molecule has 10 heteroatoms. The van der Waals surface area contributed by atoms with E-state index in [-0.39, 0.29) is 40.8 Å². The van der Waals surface area contributed by atoms with Crippen LogP contribution in [0.1, 0.15) is 17.2 Å². The lowest BCUT2D eigenvalue weighted by Crippen LogP contribution is -2.33. The van der Waals surface area contributed by atoms with Gasteiger partial charge < -0.3 is 33.7 Å². The van der Waals surface area contributed by atoms with E-state index in [4.69, 9.17) is 35.3 Å². The van der Waals surface area contributed by atoms with Gasteiger partial charge in [-0.2, -0.15) is 0 Å². The molecular formula is C29H28ClNO8. The Kier molecular flexibility index (Phi) is 8.51. The van der Waals surface area contributed by atoms with Crippen LogP contribution in [-0.4, -0.2) is 63.3 Å². The SMILES string of the molecule is COc1ccc(OCCN2C(=O)C(=O)/C(=C(/O)c3cc(OC)c(Cl)cc3OC)C2c2cccc(OC)c2)cc1. The zero-order valence-corrected chi connectivity index (χ0v) is 22.7. The molecule has 3 aromatic rings. The molecule has 39 heavy (non-hydrogen) atoms. The van der Waals surface area contributed by atoms with Crippen LogP contribution in [0.4, 0.5) is 0 Å². The van der Waals surface area contributed by atoms with Crippen molar-refractivity contribution in [2.75, 3.05) is 41.6 Å². The highest BCUT2D eigenvalue weighted by Crippen LogP contribution is 2.43. The number of methoxy groups -OCH3 is 4. The van der Waals surface area contributed by atoms with Crippen molar-refractivity contribution in [1.82, 2.24) is 4.90 Å². The summed E-state index contributed by atoms with van der Waals surface area (Å²) in [5.41, 5.74) is 0.610. The van der Waals surface area contributed by atoms with Crippen LogP contribution in [0.2, 0.25) is 5.02 Å². The van der Waals surface area contributed by atoms with Gasteiger partial charge >= 0.3 is 0 Å². The van der Waals surface area contributed by atoms with Gasteiger partial charge in [-0.05, 0) is 48.0 Å². The number of nitrogens with zero attached hydrogens (tertiary/aromatic N) is 1. The molecule has 1 amide bonds. The Morgan fingerprint density at radius 3 is 2.15 bits per heavy atom. The Morgan fingerprint density at radius 1 is 0.846 bits per heavy atom. The number of hydrogen-bond acceptors (Lipinski definition) is 8. The molecule has 0 radical (unpaired) electrons. The average Bonchev–Trinajstić information content (AvgIpc) is 3.22. The molecule has 0 saturated carbocycles. The standard InChI is InChI=1S/C29H28ClNO8/c1-35-18-8-10-19(11-9-18)39-13-12-31-26(17-6-5-7-20(14-17)36-2)25(28(33)29(31)34)27(32)21-15-24(38-4)22(30)16-23(21)37-3/h5-11,14-16,26,32H,12-13H2,1-4H3/b27-25+. The predicted molar refractivity (Wildman–Crippen MR) is 145 cm³/mol. The molecule has 0 spiro atoms. The van der Waals surface area contributed by atoms with Crippen molar-refractivity contribution < 1.29 is 38.4 Å². The summed E-state index contributed by atoms with van der Waals surface area (Å²) in [6.07, 6.45) is 0. The molecule has 1 fully saturated rings. The third kappa shape index (κ3) is 5.58. The lowest BCUT2D eigenvalue weighted by atomic mass is 9.94. The molecule has 3 aromatic carbocycles. The second-order valence-electron chi connectivity index (χ2n) is 8.48. The summed E-state index contributed by atoms with van der Waals surface area (Å²) in [5, 5.41) is 11.7. The summed E-state index contributed by atoms with van der Waals surface area (Å²) >= 11 is 6.24. The molecule has 1 aliphatic heterocycles. The molecule has 1 unspecified atom stereocenters. The van der Waals surface area contributed by atoms with Crippen LogP contribution in [-0.2, 0) is 9.59 Å². The van der Waals surface area contributed by atoms with Gasteiger partial charge in [-0.3, -0.25) is 9.59 Å². The molecular weight excluding hydrogens is 526 g/mol. The van der Waals surface area contributed by atoms with E-state index in [1.165, 1.54) is 38.4 Å². The molecule has 1 saturated heterocycles. The highest BCUT2D eigenvalue weighted by atomic mass is 35.5. The van der Waals surface area contributed by atoms with E-state index in [1.54, 1.807) is 55.6 Å². The number of aliphatic hydroxyl groups excluding tert-OH is 1. The van der Waals surface area contributed by atoms with Crippen LogP contribution in [0.3, 0.4) is 0 Å². The Labute approximate surface area is 231 Å². The number of carbonyl (C=O) groups is 2. The minimum absolute atomic E-state index is 0.0658. The minimum Gasteiger partial charge on any atom is -0.507 e. The van der Waals surface area contributed by atoms with Gasteiger partial charge in [0.1, 0.15) is 41.1 Å². The van der Waals surface area contributed by atoms with Crippen molar-refractivity contribution in [1.29, 1.82) is 0 Å². The number of likely N-dealkylation sites (tertiary alicyclic amines) is 1. The summed E-state index contributed by atoms with van der Waals surface area (Å²) < 4.78 is 27.1. The molecule has 9 nitrogen and oxygen atoms in total. The number of rotatable bonds is 10. The molecule has 4 rings (SSSR count). The number of ketones is 1. The Morgan fingerprint density at radius 2 is 1.51 bits per heavy atom. The molecule has 1 atom stereocenters. The van der Waals surface area contributed by atoms with Gasteiger partial charge in [0.05, 0.1) is 57.2 Å². The maximum Gasteiger partial charge on any atom is 0.295 e. The summed E-state index contributed by atoms with van der Waals surface area (Å²) in [6.45, 7) is 0.161. The van der Waals surface area contributed by atoms with Gasteiger partial charge in [-0.1, -0.05) is 23.7 Å². The first-order chi connectivity index (χ1) is 18.8. The number of carbonyl (C=O) groups excluding carboxylic acids is 2. The number of ether oxygens (including phenoxy) is 5. The number of aliphatic hydroxyl groups is 1. The van der Waals surface area contributed by atoms with Gasteiger partial charge in [0.15, 0.2) is 0 Å². The van der Waals surface area contributed by atoms with Gasteiger partial charge in [0.2, 0.25) is 0 Å². The molecule has 1 heterocycles. The predicted octanol–water partition coefficient (Wildman–Crippen LogP) is 4.88. The number of halogens is 1. The van der Waals surface area contributed by atoms with E-state index in [2.05, 4.69) is 0 Å². The highest BCUT2D eigenvalue weighted by Gasteiger charge is 2.46. The van der Waals surface area contributed by atoms with Gasteiger partial charge in [0, 0.05) is 6.07 Å². The molecule has 0 bridgehead atoms. The van der Waals surface area contributed by atoms with Gasteiger partial charge in [0.25, 0.3) is 11.7 Å². The molecule has 1 N–H and O–H groups in total. The van der Waals surface area contributed by atoms with Crippen LogP contribution >= 0.6 is 11.6 Å². The van der Waals surface area contributed by atoms with Gasteiger partial charge in [-0.15, -0.1) is 0 Å². The molecule has 204 valence electrons. The number of benzene rings is 3. The van der Waals surface area contributed by atoms with Crippen molar-refractivity contribution in [2.24, 2.45) is 0 Å². The van der Waals surface area contributed by atoms with Crippen molar-refractivity contribution in [3.63, 3.8) is 0 Å². The lowest BCUT2D eigenvalue weighted by molar-refractivity contribution is -0.140. The van der Waals surface area contributed by atoms with E-state index < -0.39 is 23.5 Å². The summed E-state index contributed by atoms with van der Waals surface area (Å²) in [7, 11) is 5.92. The van der Waals surface area contributed by atoms with Crippen molar-refractivity contribution in [3.05, 3.63) is 82.4 Å². The van der Waals surface area contributed by atoms with Crippen LogP contribution in [0.5, 0.6) is 28.7 Å². The second-order valence-corrected chi connectivity index (χ2v) is 8.89. The quantitative estimate of drug-likeness (QED) is 0.215. The Balaban J connectivity index is 1.76. The summed E-state index contributed by atoms with van der Waals surface area (Å²) in [4.78, 5) is 28.1. The maximum atomic E-state index is 13.4. The van der Waals surface area contributed by atoms with Crippen molar-refractivity contribution >= 4 is 29.1 Å². The summed E-state index contributed by atoms with van der Waals surface area (Å²) in [6, 6.07) is 15.9. The first kappa shape index (κ1) is 27.7. The fourth-order valence-corrected chi connectivity index (χ4v) is 4.62. The Hall–Kier alpha value is -4.37. The van der Waals surface area contributed by atoms with Crippen LogP contribution in [0.15, 0.2) is 66.2 Å². The number of Topliss-reactive ketones (excluding diaryl/α,β-unsaturated/α-hetero) is 1. The van der Waals surface area contributed by atoms with E-state index in [0.717, 1.165) is 0 Å². The van der Waals surface area contributed by atoms with Crippen LogP contribution in [0.25, 0.3) is 5.76 Å². The van der Waals surface area contributed by atoms with Crippen LogP contribution in [0, 0.1) is 0 Å². The summed E-state index contributed by atoms with van der Waals surface area (Å²) in [5.74, 6) is 0.201. The number of hydrogen-bond donors (Lipinski definition) is 1. The molecule has 1 aliphatic rings. The monoisotopic (exact) mass is 553 g/mol. The molecule has 0 aromatic heterocycles. The smallest absolute Gasteiger partial charge is 0.295 e. The fourth-order valence-electron chi connectivity index (χ4n) is 4.39.